The van der Waals surface area contributed by atoms with Gasteiger partial charge in [0.15, 0.2) is 0 Å². The fourth-order valence-electron chi connectivity index (χ4n) is 1.91. The molecule has 2 aromatic rings. The van der Waals surface area contributed by atoms with E-state index >= 15 is 0 Å². The Bertz CT molecular complexity index is 541. The van der Waals surface area contributed by atoms with Crippen molar-refractivity contribution in [2.24, 2.45) is 0 Å². The van der Waals surface area contributed by atoms with E-state index in [4.69, 9.17) is 0 Å². The zero-order valence-corrected chi connectivity index (χ0v) is 12.6. The molecule has 2 aromatic carbocycles. The Morgan fingerprint density at radius 1 is 0.950 bits per heavy atom. The molecule has 0 fully saturated rings. The maximum Gasteiger partial charge on any atom is 0.233 e. The van der Waals surface area contributed by atoms with Crippen LogP contribution in [0.2, 0.25) is 0 Å². The number of hydrogen-bond acceptors (Lipinski definition) is 2. The smallest absolute Gasteiger partial charge is 0.233 e. The largest absolute Gasteiger partial charge is 0.349 e. The summed E-state index contributed by atoms with van der Waals surface area (Å²) >= 11 is 1.58. The molecular weight excluding hydrogens is 266 g/mol. The summed E-state index contributed by atoms with van der Waals surface area (Å²) in [4.78, 5) is 13.3. The molecule has 0 aliphatic carbocycles. The van der Waals surface area contributed by atoms with Crippen LogP contribution in [0.3, 0.4) is 0 Å². The van der Waals surface area contributed by atoms with Gasteiger partial charge in [-0.05, 0) is 31.5 Å². The summed E-state index contributed by atoms with van der Waals surface area (Å²) in [6.07, 6.45) is 0. The van der Waals surface area contributed by atoms with Gasteiger partial charge in [-0.25, -0.2) is 0 Å². The molecule has 0 aliphatic heterocycles. The van der Waals surface area contributed by atoms with Gasteiger partial charge in [0, 0.05) is 4.90 Å². The van der Waals surface area contributed by atoms with Crippen molar-refractivity contribution in [3.8, 4) is 0 Å². The van der Waals surface area contributed by atoms with E-state index in [2.05, 4.69) is 5.32 Å². The molecule has 0 aliphatic rings. The van der Waals surface area contributed by atoms with Crippen LogP contribution in [-0.4, -0.2) is 11.2 Å². The van der Waals surface area contributed by atoms with Gasteiger partial charge in [-0.15, -0.1) is 11.8 Å². The van der Waals surface area contributed by atoms with Crippen molar-refractivity contribution in [3.05, 3.63) is 66.2 Å². The molecule has 0 saturated carbocycles. The predicted octanol–water partition coefficient (Wildman–Crippen LogP) is 4.04. The van der Waals surface area contributed by atoms with E-state index in [0.717, 1.165) is 10.5 Å². The number of carbonyl (C=O) groups excluding carboxylic acids is 1. The summed E-state index contributed by atoms with van der Waals surface area (Å²) in [6, 6.07) is 20.0. The number of nitrogens with one attached hydrogen (secondary N) is 1. The van der Waals surface area contributed by atoms with Gasteiger partial charge in [-0.1, -0.05) is 48.5 Å². The molecule has 0 aromatic heterocycles. The average molecular weight is 285 g/mol. The summed E-state index contributed by atoms with van der Waals surface area (Å²) in [7, 11) is 0. The standard InChI is InChI=1S/C17H19NOS/c1-13(15-9-5-3-6-10-15)18-17(19)14(2)20-16-11-7-4-8-12-16/h3-14H,1-2H3,(H,18,19)/t13-,14-/m0/s1. The van der Waals surface area contributed by atoms with Crippen LogP contribution in [0.15, 0.2) is 65.6 Å². The Balaban J connectivity index is 1.91. The highest BCUT2D eigenvalue weighted by molar-refractivity contribution is 8.00. The fraction of sp³-hybridized carbons (Fsp3) is 0.235. The van der Waals surface area contributed by atoms with Crippen LogP contribution in [0, 0.1) is 0 Å². The molecule has 1 N–H and O–H groups in total. The number of hydrogen-bond donors (Lipinski definition) is 1. The maximum absolute atomic E-state index is 12.2. The van der Waals surface area contributed by atoms with Gasteiger partial charge in [0.05, 0.1) is 11.3 Å². The number of amides is 1. The molecule has 2 atom stereocenters. The monoisotopic (exact) mass is 285 g/mol. The van der Waals surface area contributed by atoms with Crippen LogP contribution in [0.1, 0.15) is 25.5 Å². The highest BCUT2D eigenvalue weighted by atomic mass is 32.2. The highest BCUT2D eigenvalue weighted by Gasteiger charge is 2.16. The summed E-state index contributed by atoms with van der Waals surface area (Å²) in [5, 5.41) is 2.95. The quantitative estimate of drug-likeness (QED) is 0.840. The van der Waals surface area contributed by atoms with Crippen molar-refractivity contribution in [3.63, 3.8) is 0 Å². The van der Waals surface area contributed by atoms with E-state index in [1.807, 2.05) is 74.5 Å². The molecule has 0 heterocycles. The Morgan fingerprint density at radius 3 is 2.10 bits per heavy atom. The zero-order valence-electron chi connectivity index (χ0n) is 11.7. The Kier molecular flexibility index (Phi) is 5.24. The number of benzene rings is 2. The van der Waals surface area contributed by atoms with Crippen molar-refractivity contribution < 1.29 is 4.79 Å². The van der Waals surface area contributed by atoms with Gasteiger partial charge >= 0.3 is 0 Å². The number of rotatable bonds is 5. The third-order valence-electron chi connectivity index (χ3n) is 3.08. The Labute approximate surface area is 124 Å². The second-order valence-corrected chi connectivity index (χ2v) is 6.13. The second kappa shape index (κ2) is 7.15. The molecule has 0 radical (unpaired) electrons. The number of thioether (sulfide) groups is 1. The average Bonchev–Trinajstić information content (AvgIpc) is 2.49. The Morgan fingerprint density at radius 2 is 1.50 bits per heavy atom. The van der Waals surface area contributed by atoms with Crippen molar-refractivity contribution in [1.29, 1.82) is 0 Å². The first-order valence-electron chi connectivity index (χ1n) is 6.74. The van der Waals surface area contributed by atoms with E-state index < -0.39 is 0 Å². The first kappa shape index (κ1) is 14.7. The Hall–Kier alpha value is -1.74. The van der Waals surface area contributed by atoms with Crippen LogP contribution in [-0.2, 0) is 4.79 Å². The van der Waals surface area contributed by atoms with E-state index in [0.29, 0.717) is 0 Å². The lowest BCUT2D eigenvalue weighted by molar-refractivity contribution is -0.120. The van der Waals surface area contributed by atoms with Crippen molar-refractivity contribution >= 4 is 17.7 Å². The topological polar surface area (TPSA) is 29.1 Å². The van der Waals surface area contributed by atoms with Crippen LogP contribution in [0.5, 0.6) is 0 Å². The molecule has 2 nitrogen and oxygen atoms in total. The molecule has 0 spiro atoms. The SMILES string of the molecule is C[C@H](Sc1ccccc1)C(=O)N[C@@H](C)c1ccccc1. The molecular formula is C17H19NOS. The summed E-state index contributed by atoms with van der Waals surface area (Å²) in [5.74, 6) is 0.0650. The van der Waals surface area contributed by atoms with Gasteiger partial charge in [0.25, 0.3) is 0 Å². The van der Waals surface area contributed by atoms with E-state index in [9.17, 15) is 4.79 Å². The molecule has 0 unspecified atom stereocenters. The highest BCUT2D eigenvalue weighted by Crippen LogP contribution is 2.23. The van der Waals surface area contributed by atoms with Crippen molar-refractivity contribution in [2.75, 3.05) is 0 Å². The third kappa shape index (κ3) is 4.14. The molecule has 0 bridgehead atoms. The van der Waals surface area contributed by atoms with Crippen molar-refractivity contribution in [1.82, 2.24) is 5.32 Å². The second-order valence-electron chi connectivity index (χ2n) is 4.71. The first-order valence-corrected chi connectivity index (χ1v) is 7.62. The zero-order chi connectivity index (χ0) is 14.4. The minimum absolute atomic E-state index is 0.0301. The van der Waals surface area contributed by atoms with E-state index in [1.54, 1.807) is 11.8 Å². The van der Waals surface area contributed by atoms with Gasteiger partial charge < -0.3 is 5.32 Å². The van der Waals surface area contributed by atoms with Gasteiger partial charge in [0.2, 0.25) is 5.91 Å². The summed E-state index contributed by atoms with van der Waals surface area (Å²) in [6.45, 7) is 3.94. The molecule has 1 amide bonds. The summed E-state index contributed by atoms with van der Waals surface area (Å²) < 4.78 is 0. The lowest BCUT2D eigenvalue weighted by Gasteiger charge is -2.17. The molecule has 3 heteroatoms. The van der Waals surface area contributed by atoms with Crippen molar-refractivity contribution in [2.45, 2.75) is 30.0 Å². The minimum atomic E-state index is -0.108. The molecule has 2 rings (SSSR count). The lowest BCUT2D eigenvalue weighted by Crippen LogP contribution is -2.33. The van der Waals surface area contributed by atoms with E-state index in [-0.39, 0.29) is 17.2 Å². The number of carbonyl (C=O) groups is 1. The van der Waals surface area contributed by atoms with Gasteiger partial charge in [-0.2, -0.15) is 0 Å². The minimum Gasteiger partial charge on any atom is -0.349 e. The summed E-state index contributed by atoms with van der Waals surface area (Å²) in [5.41, 5.74) is 1.12. The lowest BCUT2D eigenvalue weighted by atomic mass is 10.1. The predicted molar refractivity (Wildman–Crippen MR) is 84.8 cm³/mol. The van der Waals surface area contributed by atoms with Crippen LogP contribution >= 0.6 is 11.8 Å². The van der Waals surface area contributed by atoms with E-state index in [1.165, 1.54) is 0 Å². The fourth-order valence-corrected chi connectivity index (χ4v) is 2.81. The molecule has 20 heavy (non-hydrogen) atoms. The third-order valence-corrected chi connectivity index (χ3v) is 4.20. The first-order chi connectivity index (χ1) is 9.66. The molecule has 104 valence electrons. The van der Waals surface area contributed by atoms with Gasteiger partial charge in [0.1, 0.15) is 0 Å². The van der Waals surface area contributed by atoms with Gasteiger partial charge in [-0.3, -0.25) is 4.79 Å². The van der Waals surface area contributed by atoms with Crippen LogP contribution in [0.4, 0.5) is 0 Å². The normalized spacial score (nSPS) is 13.5. The van der Waals surface area contributed by atoms with Crippen LogP contribution < -0.4 is 5.32 Å². The molecule has 0 saturated heterocycles. The van der Waals surface area contributed by atoms with Crippen LogP contribution in [0.25, 0.3) is 0 Å². The maximum atomic E-state index is 12.2.